The van der Waals surface area contributed by atoms with E-state index in [0.29, 0.717) is 43.7 Å². The van der Waals surface area contributed by atoms with Gasteiger partial charge in [-0.3, -0.25) is 4.79 Å². The lowest BCUT2D eigenvalue weighted by Gasteiger charge is -2.38. The highest BCUT2D eigenvalue weighted by Crippen LogP contribution is 2.30. The highest BCUT2D eigenvalue weighted by molar-refractivity contribution is 5.98. The van der Waals surface area contributed by atoms with Gasteiger partial charge in [-0.1, -0.05) is 0 Å². The molecule has 3 aliphatic rings. The zero-order valence-electron chi connectivity index (χ0n) is 12.7. The van der Waals surface area contributed by atoms with E-state index in [9.17, 15) is 14.4 Å². The van der Waals surface area contributed by atoms with Gasteiger partial charge in [0.25, 0.3) is 5.91 Å². The van der Waals surface area contributed by atoms with Crippen LogP contribution in [0.3, 0.4) is 0 Å². The number of hydrogen-bond acceptors (Lipinski definition) is 4. The molecule has 0 aromatic carbocycles. The fourth-order valence-electron chi connectivity index (χ4n) is 3.28. The van der Waals surface area contributed by atoms with Crippen LogP contribution in [0.4, 0.5) is 9.59 Å². The zero-order valence-corrected chi connectivity index (χ0v) is 12.7. The quantitative estimate of drug-likeness (QED) is 0.638. The van der Waals surface area contributed by atoms with E-state index < -0.39 is 5.60 Å². The lowest BCUT2D eigenvalue weighted by molar-refractivity contribution is -0.130. The van der Waals surface area contributed by atoms with Gasteiger partial charge in [-0.2, -0.15) is 0 Å². The zero-order chi connectivity index (χ0) is 15.9. The number of carbonyl (C=O) groups excluding carboxylic acids is 3. The fraction of sp³-hybridized carbons (Fsp3) is 0.643. The summed E-state index contributed by atoms with van der Waals surface area (Å²) in [6.07, 6.45) is 0.863. The Morgan fingerprint density at radius 2 is 2.00 bits per heavy atom. The summed E-state index contributed by atoms with van der Waals surface area (Å²) in [5.41, 5.74) is 0.703. The van der Waals surface area contributed by atoms with Crippen LogP contribution >= 0.6 is 0 Å². The lowest BCUT2D eigenvalue weighted by Crippen LogP contribution is -2.53. The molecule has 3 rings (SSSR count). The van der Waals surface area contributed by atoms with Crippen molar-refractivity contribution in [3.8, 4) is 0 Å². The molecular formula is C14H20N4O4. The van der Waals surface area contributed by atoms with Gasteiger partial charge in [0, 0.05) is 31.6 Å². The number of carbonyl (C=O) groups is 3. The van der Waals surface area contributed by atoms with Gasteiger partial charge in [0.15, 0.2) is 0 Å². The van der Waals surface area contributed by atoms with Gasteiger partial charge in [-0.05, 0) is 13.8 Å². The summed E-state index contributed by atoms with van der Waals surface area (Å²) in [6, 6.07) is -0.605. The normalized spacial score (nSPS) is 27.2. The van der Waals surface area contributed by atoms with E-state index >= 15 is 0 Å². The number of nitrogens with one attached hydrogen (secondary N) is 3. The van der Waals surface area contributed by atoms with Gasteiger partial charge < -0.3 is 25.6 Å². The minimum absolute atomic E-state index is 0.0790. The smallest absolute Gasteiger partial charge is 0.407 e. The number of hydrogen-bond donors (Lipinski definition) is 3. The van der Waals surface area contributed by atoms with Crippen molar-refractivity contribution >= 4 is 18.0 Å². The molecule has 1 spiro atoms. The third-order valence-electron chi connectivity index (χ3n) is 4.54. The molecule has 3 heterocycles. The maximum Gasteiger partial charge on any atom is 0.407 e. The monoisotopic (exact) mass is 308 g/mol. The molecule has 0 saturated carbocycles. The minimum Gasteiger partial charge on any atom is -0.441 e. The number of ether oxygens (including phenoxy) is 1. The topological polar surface area (TPSA) is 99.8 Å². The van der Waals surface area contributed by atoms with E-state index in [1.165, 1.54) is 0 Å². The molecule has 1 atom stereocenters. The Labute approximate surface area is 128 Å². The van der Waals surface area contributed by atoms with Crippen LogP contribution in [-0.2, 0) is 9.53 Å². The van der Waals surface area contributed by atoms with Gasteiger partial charge in [0.05, 0.1) is 18.2 Å². The molecule has 0 aromatic heterocycles. The molecule has 120 valence electrons. The fourth-order valence-corrected chi connectivity index (χ4v) is 3.28. The Balaban J connectivity index is 1.68. The van der Waals surface area contributed by atoms with E-state index in [-0.39, 0.29) is 24.1 Å². The van der Waals surface area contributed by atoms with Crippen molar-refractivity contribution in [3.63, 3.8) is 0 Å². The van der Waals surface area contributed by atoms with Crippen LogP contribution in [0.25, 0.3) is 0 Å². The lowest BCUT2D eigenvalue weighted by atomic mass is 9.90. The van der Waals surface area contributed by atoms with Crippen molar-refractivity contribution in [1.29, 1.82) is 0 Å². The van der Waals surface area contributed by atoms with Gasteiger partial charge in [0.1, 0.15) is 5.60 Å². The number of allylic oxidation sites excluding steroid dienone is 1. The van der Waals surface area contributed by atoms with Gasteiger partial charge in [-0.15, -0.1) is 0 Å². The van der Waals surface area contributed by atoms with Gasteiger partial charge in [-0.25, -0.2) is 9.59 Å². The average Bonchev–Trinajstić information content (AvgIpc) is 2.79. The van der Waals surface area contributed by atoms with Crippen molar-refractivity contribution < 1.29 is 19.1 Å². The van der Waals surface area contributed by atoms with Crippen molar-refractivity contribution in [2.24, 2.45) is 0 Å². The molecule has 2 saturated heterocycles. The SMILES string of the molecule is CC1=C(C(=O)N2CCC3(CC2)CNC(=O)O3)[C@H](C)NC(=O)N1. The van der Waals surface area contributed by atoms with Crippen molar-refractivity contribution in [3.05, 3.63) is 11.3 Å². The number of urea groups is 1. The number of alkyl carbamates (subject to hydrolysis) is 1. The van der Waals surface area contributed by atoms with Crippen LogP contribution in [-0.4, -0.2) is 54.2 Å². The third-order valence-corrected chi connectivity index (χ3v) is 4.54. The van der Waals surface area contributed by atoms with Crippen LogP contribution in [0.2, 0.25) is 0 Å². The van der Waals surface area contributed by atoms with Crippen molar-refractivity contribution in [1.82, 2.24) is 20.9 Å². The molecule has 0 aromatic rings. The molecular weight excluding hydrogens is 288 g/mol. The molecule has 0 radical (unpaired) electrons. The molecule has 0 bridgehead atoms. The van der Waals surface area contributed by atoms with Gasteiger partial charge in [0.2, 0.25) is 0 Å². The second-order valence-electron chi connectivity index (χ2n) is 6.08. The number of nitrogens with zero attached hydrogens (tertiary/aromatic N) is 1. The van der Waals surface area contributed by atoms with E-state index in [2.05, 4.69) is 16.0 Å². The summed E-state index contributed by atoms with van der Waals surface area (Å²) in [5.74, 6) is -0.0790. The predicted molar refractivity (Wildman–Crippen MR) is 76.9 cm³/mol. The minimum atomic E-state index is -0.470. The molecule has 0 unspecified atom stereocenters. The molecule has 3 aliphatic heterocycles. The van der Waals surface area contributed by atoms with E-state index in [1.54, 1.807) is 18.7 Å². The van der Waals surface area contributed by atoms with Crippen LogP contribution in [0.1, 0.15) is 26.7 Å². The summed E-state index contributed by atoms with van der Waals surface area (Å²) in [6.45, 7) is 5.10. The third kappa shape index (κ3) is 2.49. The van der Waals surface area contributed by atoms with Crippen molar-refractivity contribution in [2.45, 2.75) is 38.3 Å². The summed E-state index contributed by atoms with van der Waals surface area (Å²) < 4.78 is 5.35. The Bertz CT molecular complexity index is 563. The summed E-state index contributed by atoms with van der Waals surface area (Å²) in [4.78, 5) is 37.1. The first kappa shape index (κ1) is 14.7. The van der Waals surface area contributed by atoms with E-state index in [0.717, 1.165) is 0 Å². The Hall–Kier alpha value is -2.25. The van der Waals surface area contributed by atoms with Crippen LogP contribution in [0.5, 0.6) is 0 Å². The number of rotatable bonds is 1. The maximum absolute atomic E-state index is 12.7. The van der Waals surface area contributed by atoms with Gasteiger partial charge >= 0.3 is 12.1 Å². The Morgan fingerprint density at radius 3 is 2.55 bits per heavy atom. The summed E-state index contributed by atoms with van der Waals surface area (Å²) in [5, 5.41) is 8.01. The summed E-state index contributed by atoms with van der Waals surface area (Å²) >= 11 is 0. The second-order valence-corrected chi connectivity index (χ2v) is 6.08. The Kier molecular flexibility index (Phi) is 3.46. The van der Waals surface area contributed by atoms with Crippen LogP contribution in [0, 0.1) is 0 Å². The number of piperidine rings is 1. The van der Waals surface area contributed by atoms with E-state index in [4.69, 9.17) is 4.74 Å². The molecule has 8 heteroatoms. The molecule has 2 fully saturated rings. The first-order chi connectivity index (χ1) is 10.4. The molecule has 4 amide bonds. The average molecular weight is 308 g/mol. The molecule has 8 nitrogen and oxygen atoms in total. The molecule has 3 N–H and O–H groups in total. The largest absolute Gasteiger partial charge is 0.441 e. The van der Waals surface area contributed by atoms with Crippen LogP contribution < -0.4 is 16.0 Å². The first-order valence-corrected chi connectivity index (χ1v) is 7.45. The van der Waals surface area contributed by atoms with E-state index in [1.807, 2.05) is 0 Å². The summed E-state index contributed by atoms with van der Waals surface area (Å²) in [7, 11) is 0. The Morgan fingerprint density at radius 1 is 1.32 bits per heavy atom. The molecule has 22 heavy (non-hydrogen) atoms. The predicted octanol–water partition coefficient (Wildman–Crippen LogP) is 0.0627. The highest BCUT2D eigenvalue weighted by Gasteiger charge is 2.44. The number of likely N-dealkylation sites (tertiary alicyclic amines) is 1. The number of amides is 4. The first-order valence-electron chi connectivity index (χ1n) is 7.45. The maximum atomic E-state index is 12.7. The highest BCUT2D eigenvalue weighted by atomic mass is 16.6. The van der Waals surface area contributed by atoms with Crippen molar-refractivity contribution in [2.75, 3.05) is 19.6 Å². The molecule has 0 aliphatic carbocycles. The second kappa shape index (κ2) is 5.19. The standard InChI is InChI=1S/C14H20N4O4/c1-8-10(9(2)17-12(20)16-8)11(19)18-5-3-14(4-6-18)7-15-13(21)22-14/h8H,3-7H2,1-2H3,(H,15,21)(H2,16,17,20)/t8-/m0/s1. The van der Waals surface area contributed by atoms with Crippen LogP contribution in [0.15, 0.2) is 11.3 Å².